The molecule has 1 aliphatic rings. The van der Waals surface area contributed by atoms with Crippen molar-refractivity contribution in [1.82, 2.24) is 10.2 Å². The van der Waals surface area contributed by atoms with Crippen LogP contribution >= 0.6 is 0 Å². The Kier molecular flexibility index (Phi) is 4.82. The number of nitrogens with one attached hydrogen (secondary N) is 1. The summed E-state index contributed by atoms with van der Waals surface area (Å²) in [6.07, 6.45) is 4.68. The molecule has 1 aliphatic carbocycles. The van der Waals surface area contributed by atoms with Gasteiger partial charge in [-0.15, -0.1) is 0 Å². The Balaban J connectivity index is 2.59. The standard InChI is InChI=1S/C14H26N2O3/c1-13(2,3)16(9-11(17)18)12(19)15-10-14(4)7-5-6-8-14/h5-10H2,1-4H3,(H,15,19)(H,17,18). The fraction of sp³-hybridized carbons (Fsp3) is 0.857. The first-order valence-electron chi connectivity index (χ1n) is 6.91. The van der Waals surface area contributed by atoms with Gasteiger partial charge in [0.2, 0.25) is 0 Å². The first kappa shape index (κ1) is 15.8. The van der Waals surface area contributed by atoms with E-state index in [1.54, 1.807) is 0 Å². The minimum absolute atomic E-state index is 0.169. The molecule has 2 N–H and O–H groups in total. The van der Waals surface area contributed by atoms with E-state index in [-0.39, 0.29) is 18.0 Å². The van der Waals surface area contributed by atoms with E-state index in [0.717, 1.165) is 12.8 Å². The number of nitrogens with zero attached hydrogens (tertiary/aromatic N) is 1. The van der Waals surface area contributed by atoms with E-state index >= 15 is 0 Å². The summed E-state index contributed by atoms with van der Waals surface area (Å²) in [5, 5.41) is 11.8. The van der Waals surface area contributed by atoms with Gasteiger partial charge < -0.3 is 15.3 Å². The van der Waals surface area contributed by atoms with E-state index in [2.05, 4.69) is 12.2 Å². The van der Waals surface area contributed by atoms with Crippen molar-refractivity contribution in [3.05, 3.63) is 0 Å². The Morgan fingerprint density at radius 3 is 2.21 bits per heavy atom. The second kappa shape index (κ2) is 5.80. The van der Waals surface area contributed by atoms with E-state index in [1.807, 2.05) is 20.8 Å². The number of hydrogen-bond donors (Lipinski definition) is 2. The van der Waals surface area contributed by atoms with Gasteiger partial charge in [-0.05, 0) is 39.0 Å². The second-order valence-electron chi connectivity index (χ2n) is 6.83. The molecule has 0 aliphatic heterocycles. The molecule has 0 radical (unpaired) electrons. The van der Waals surface area contributed by atoms with Crippen molar-refractivity contribution in [3.63, 3.8) is 0 Å². The fourth-order valence-electron chi connectivity index (χ4n) is 2.54. The summed E-state index contributed by atoms with van der Waals surface area (Å²) < 4.78 is 0. The number of carbonyl (C=O) groups excluding carboxylic acids is 1. The van der Waals surface area contributed by atoms with Crippen LogP contribution in [-0.2, 0) is 4.79 Å². The highest BCUT2D eigenvalue weighted by atomic mass is 16.4. The largest absolute Gasteiger partial charge is 0.480 e. The van der Waals surface area contributed by atoms with Crippen molar-refractivity contribution in [2.24, 2.45) is 5.41 Å². The third kappa shape index (κ3) is 4.73. The number of carbonyl (C=O) groups is 2. The van der Waals surface area contributed by atoms with Gasteiger partial charge in [0.25, 0.3) is 0 Å². The van der Waals surface area contributed by atoms with E-state index in [9.17, 15) is 9.59 Å². The number of urea groups is 1. The molecule has 0 heterocycles. The normalized spacial score (nSPS) is 18.1. The van der Waals surface area contributed by atoms with Crippen LogP contribution in [0.2, 0.25) is 0 Å². The maximum absolute atomic E-state index is 12.2. The quantitative estimate of drug-likeness (QED) is 0.824. The summed E-state index contributed by atoms with van der Waals surface area (Å²) >= 11 is 0. The van der Waals surface area contributed by atoms with E-state index in [0.29, 0.717) is 6.54 Å². The van der Waals surface area contributed by atoms with Crippen molar-refractivity contribution in [3.8, 4) is 0 Å². The lowest BCUT2D eigenvalue weighted by Gasteiger charge is -2.35. The Labute approximate surface area is 115 Å². The van der Waals surface area contributed by atoms with Crippen molar-refractivity contribution in [2.75, 3.05) is 13.1 Å². The maximum Gasteiger partial charge on any atom is 0.323 e. The van der Waals surface area contributed by atoms with Crippen LogP contribution in [0.5, 0.6) is 0 Å². The Morgan fingerprint density at radius 2 is 1.79 bits per heavy atom. The predicted octanol–water partition coefficient (Wildman–Crippen LogP) is 2.46. The van der Waals surface area contributed by atoms with Crippen molar-refractivity contribution >= 4 is 12.0 Å². The maximum atomic E-state index is 12.2. The van der Waals surface area contributed by atoms with Gasteiger partial charge in [-0.25, -0.2) is 4.79 Å². The van der Waals surface area contributed by atoms with Crippen LogP contribution in [0.1, 0.15) is 53.4 Å². The molecule has 0 aromatic carbocycles. The molecular formula is C14H26N2O3. The molecule has 1 fully saturated rings. The van der Waals surface area contributed by atoms with E-state index in [1.165, 1.54) is 17.7 Å². The highest BCUT2D eigenvalue weighted by Gasteiger charge is 2.32. The van der Waals surface area contributed by atoms with Gasteiger partial charge in [0.15, 0.2) is 0 Å². The number of carboxylic acid groups (broad SMARTS) is 1. The molecule has 110 valence electrons. The van der Waals surface area contributed by atoms with Crippen LogP contribution < -0.4 is 5.32 Å². The summed E-state index contributed by atoms with van der Waals surface area (Å²) in [5.74, 6) is -0.989. The molecule has 0 atom stereocenters. The molecule has 2 amide bonds. The third-order valence-corrected chi connectivity index (χ3v) is 3.83. The molecule has 1 rings (SSSR count). The van der Waals surface area contributed by atoms with Gasteiger partial charge in [0.1, 0.15) is 6.54 Å². The highest BCUT2D eigenvalue weighted by Crippen LogP contribution is 2.36. The number of rotatable bonds is 4. The average Bonchev–Trinajstić information content (AvgIpc) is 2.69. The van der Waals surface area contributed by atoms with Gasteiger partial charge >= 0.3 is 12.0 Å². The molecule has 0 aromatic rings. The summed E-state index contributed by atoms with van der Waals surface area (Å²) in [5.41, 5.74) is -0.332. The van der Waals surface area contributed by atoms with Gasteiger partial charge in [-0.1, -0.05) is 19.8 Å². The zero-order chi connectivity index (χ0) is 14.7. The number of amides is 2. The Morgan fingerprint density at radius 1 is 1.26 bits per heavy atom. The molecular weight excluding hydrogens is 244 g/mol. The molecule has 0 aromatic heterocycles. The number of aliphatic carboxylic acids is 1. The molecule has 5 heteroatoms. The van der Waals surface area contributed by atoms with Gasteiger partial charge in [-0.3, -0.25) is 4.79 Å². The van der Waals surface area contributed by atoms with Crippen LogP contribution in [0.15, 0.2) is 0 Å². The monoisotopic (exact) mass is 270 g/mol. The predicted molar refractivity (Wildman–Crippen MR) is 74.1 cm³/mol. The number of hydrogen-bond acceptors (Lipinski definition) is 2. The molecule has 0 bridgehead atoms. The van der Waals surface area contributed by atoms with E-state index in [4.69, 9.17) is 5.11 Å². The molecule has 1 saturated carbocycles. The van der Waals surface area contributed by atoms with E-state index < -0.39 is 11.5 Å². The Bertz CT molecular complexity index is 341. The second-order valence-corrected chi connectivity index (χ2v) is 6.83. The first-order chi connectivity index (χ1) is 8.64. The summed E-state index contributed by atoms with van der Waals surface area (Å²) in [4.78, 5) is 24.4. The minimum atomic E-state index is -0.989. The van der Waals surface area contributed by atoms with Crippen LogP contribution in [0.3, 0.4) is 0 Å². The van der Waals surface area contributed by atoms with Crippen LogP contribution in [0.25, 0.3) is 0 Å². The minimum Gasteiger partial charge on any atom is -0.480 e. The van der Waals surface area contributed by atoms with Crippen LogP contribution in [-0.4, -0.2) is 40.6 Å². The van der Waals surface area contributed by atoms with Crippen molar-refractivity contribution in [1.29, 1.82) is 0 Å². The van der Waals surface area contributed by atoms with Gasteiger partial charge in [0, 0.05) is 12.1 Å². The average molecular weight is 270 g/mol. The van der Waals surface area contributed by atoms with Gasteiger partial charge in [0.05, 0.1) is 0 Å². The lowest BCUT2D eigenvalue weighted by atomic mass is 9.89. The SMILES string of the molecule is CC1(CNC(=O)N(CC(=O)O)C(C)(C)C)CCCC1. The molecule has 19 heavy (non-hydrogen) atoms. The molecule has 0 saturated heterocycles. The summed E-state index contributed by atoms with van der Waals surface area (Å²) in [7, 11) is 0. The fourth-order valence-corrected chi connectivity index (χ4v) is 2.54. The smallest absolute Gasteiger partial charge is 0.323 e. The molecule has 5 nitrogen and oxygen atoms in total. The molecule has 0 unspecified atom stereocenters. The highest BCUT2D eigenvalue weighted by molar-refractivity contribution is 5.80. The topological polar surface area (TPSA) is 69.6 Å². The Hall–Kier alpha value is -1.26. The molecule has 0 spiro atoms. The van der Waals surface area contributed by atoms with Crippen molar-refractivity contribution < 1.29 is 14.7 Å². The zero-order valence-corrected chi connectivity index (χ0v) is 12.5. The number of carboxylic acids is 1. The van der Waals surface area contributed by atoms with Crippen molar-refractivity contribution in [2.45, 2.75) is 58.9 Å². The van der Waals surface area contributed by atoms with Crippen LogP contribution in [0, 0.1) is 5.41 Å². The third-order valence-electron chi connectivity index (χ3n) is 3.83. The van der Waals surface area contributed by atoms with Crippen LogP contribution in [0.4, 0.5) is 4.79 Å². The lowest BCUT2D eigenvalue weighted by Crippen LogP contribution is -2.53. The van der Waals surface area contributed by atoms with Gasteiger partial charge in [-0.2, -0.15) is 0 Å². The summed E-state index contributed by atoms with van der Waals surface area (Å²) in [6.45, 7) is 8.05. The summed E-state index contributed by atoms with van der Waals surface area (Å²) in [6, 6.07) is -0.289. The first-order valence-corrected chi connectivity index (χ1v) is 6.91. The lowest BCUT2D eigenvalue weighted by molar-refractivity contribution is -0.138. The zero-order valence-electron chi connectivity index (χ0n) is 12.5.